The van der Waals surface area contributed by atoms with Gasteiger partial charge in [-0.05, 0) is 46.9 Å². The molecule has 1 heterocycles. The Morgan fingerprint density at radius 1 is 1.25 bits per heavy atom. The van der Waals surface area contributed by atoms with Gasteiger partial charge in [0.1, 0.15) is 5.75 Å². The van der Waals surface area contributed by atoms with Crippen LogP contribution in [0.5, 0.6) is 11.6 Å². The molecule has 82 valence electrons. The van der Waals surface area contributed by atoms with Crippen LogP contribution in [0.1, 0.15) is 5.56 Å². The number of halogens is 2. The van der Waals surface area contributed by atoms with Crippen molar-refractivity contribution in [3.8, 4) is 11.6 Å². The molecular formula is C12H9ClINO. The maximum absolute atomic E-state index is 5.81. The molecule has 0 aliphatic heterocycles. The van der Waals surface area contributed by atoms with Crippen molar-refractivity contribution in [2.24, 2.45) is 0 Å². The van der Waals surface area contributed by atoms with Crippen LogP contribution in [0.2, 0.25) is 0 Å². The quantitative estimate of drug-likeness (QED) is 0.614. The number of aromatic nitrogens is 1. The number of alkyl halides is 1. The van der Waals surface area contributed by atoms with Gasteiger partial charge in [-0.2, -0.15) is 0 Å². The fourth-order valence-electron chi connectivity index (χ4n) is 1.26. The molecule has 0 unspecified atom stereocenters. The van der Waals surface area contributed by atoms with Crippen LogP contribution in [-0.4, -0.2) is 4.98 Å². The first-order valence-electron chi connectivity index (χ1n) is 4.73. The average molecular weight is 346 g/mol. The molecule has 2 nitrogen and oxygen atoms in total. The van der Waals surface area contributed by atoms with E-state index in [1.54, 1.807) is 6.20 Å². The normalized spacial score (nSPS) is 10.1. The molecule has 0 atom stereocenters. The molecule has 16 heavy (non-hydrogen) atoms. The zero-order valence-corrected chi connectivity index (χ0v) is 11.3. The van der Waals surface area contributed by atoms with Gasteiger partial charge in [-0.15, -0.1) is 11.6 Å². The van der Waals surface area contributed by atoms with Crippen LogP contribution in [0, 0.1) is 3.57 Å². The van der Waals surface area contributed by atoms with Crippen molar-refractivity contribution in [1.29, 1.82) is 0 Å². The second-order valence-electron chi connectivity index (χ2n) is 3.16. The van der Waals surface area contributed by atoms with Gasteiger partial charge in [0.25, 0.3) is 0 Å². The first-order valence-corrected chi connectivity index (χ1v) is 6.34. The van der Waals surface area contributed by atoms with Gasteiger partial charge in [-0.3, -0.25) is 0 Å². The molecule has 0 fully saturated rings. The molecule has 0 spiro atoms. The number of pyridine rings is 1. The van der Waals surface area contributed by atoms with Gasteiger partial charge < -0.3 is 4.74 Å². The first-order chi connectivity index (χ1) is 7.79. The third-order valence-electron chi connectivity index (χ3n) is 2.00. The molecule has 0 radical (unpaired) electrons. The predicted octanol–water partition coefficient (Wildman–Crippen LogP) is 4.22. The largest absolute Gasteiger partial charge is 0.439 e. The van der Waals surface area contributed by atoms with Crippen molar-refractivity contribution in [2.45, 2.75) is 5.88 Å². The molecule has 2 rings (SSSR count). The van der Waals surface area contributed by atoms with E-state index >= 15 is 0 Å². The number of rotatable bonds is 3. The second kappa shape index (κ2) is 5.50. The van der Waals surface area contributed by atoms with Crippen molar-refractivity contribution in [3.05, 3.63) is 51.7 Å². The van der Waals surface area contributed by atoms with E-state index in [2.05, 4.69) is 27.6 Å². The molecule has 2 aromatic rings. The minimum absolute atomic E-state index is 0.396. The van der Waals surface area contributed by atoms with E-state index in [9.17, 15) is 0 Å². The fraction of sp³-hybridized carbons (Fsp3) is 0.0833. The standard InChI is InChI=1S/C12H9ClINO/c13-8-9-3-2-6-15-12(9)16-11-5-1-4-10(14)7-11/h1-7H,8H2. The summed E-state index contributed by atoms with van der Waals surface area (Å²) in [5.41, 5.74) is 0.892. The van der Waals surface area contributed by atoms with Crippen LogP contribution in [-0.2, 0) is 5.88 Å². The highest BCUT2D eigenvalue weighted by Gasteiger charge is 2.04. The lowest BCUT2D eigenvalue weighted by molar-refractivity contribution is 0.458. The maximum atomic E-state index is 5.81. The minimum atomic E-state index is 0.396. The Morgan fingerprint density at radius 2 is 2.12 bits per heavy atom. The Hall–Kier alpha value is -0.810. The molecule has 1 aromatic heterocycles. The van der Waals surface area contributed by atoms with Gasteiger partial charge in [-0.1, -0.05) is 12.1 Å². The van der Waals surface area contributed by atoms with Crippen LogP contribution in [0.25, 0.3) is 0 Å². The van der Waals surface area contributed by atoms with Crippen LogP contribution in [0.3, 0.4) is 0 Å². The topological polar surface area (TPSA) is 22.1 Å². The van der Waals surface area contributed by atoms with Crippen molar-refractivity contribution in [3.63, 3.8) is 0 Å². The monoisotopic (exact) mass is 345 g/mol. The van der Waals surface area contributed by atoms with Gasteiger partial charge in [-0.25, -0.2) is 4.98 Å². The summed E-state index contributed by atoms with van der Waals surface area (Å²) in [5.74, 6) is 1.74. The van der Waals surface area contributed by atoms with Gasteiger partial charge in [0, 0.05) is 15.3 Å². The summed E-state index contributed by atoms with van der Waals surface area (Å²) < 4.78 is 6.80. The summed E-state index contributed by atoms with van der Waals surface area (Å²) in [4.78, 5) is 4.17. The lowest BCUT2D eigenvalue weighted by atomic mass is 10.3. The smallest absolute Gasteiger partial charge is 0.223 e. The van der Waals surface area contributed by atoms with Gasteiger partial charge >= 0.3 is 0 Å². The lowest BCUT2D eigenvalue weighted by Crippen LogP contribution is -1.92. The lowest BCUT2D eigenvalue weighted by Gasteiger charge is -2.07. The third kappa shape index (κ3) is 2.86. The number of ether oxygens (including phenoxy) is 1. The summed E-state index contributed by atoms with van der Waals surface area (Å²) in [6.07, 6.45) is 1.69. The van der Waals surface area contributed by atoms with E-state index in [-0.39, 0.29) is 0 Å². The summed E-state index contributed by atoms with van der Waals surface area (Å²) in [6, 6.07) is 11.6. The van der Waals surface area contributed by atoms with Crippen molar-refractivity contribution in [1.82, 2.24) is 4.98 Å². The van der Waals surface area contributed by atoms with Gasteiger partial charge in [0.2, 0.25) is 5.88 Å². The number of nitrogens with zero attached hydrogens (tertiary/aromatic N) is 1. The average Bonchev–Trinajstić information content (AvgIpc) is 2.30. The minimum Gasteiger partial charge on any atom is -0.439 e. The molecular weight excluding hydrogens is 336 g/mol. The van der Waals surface area contributed by atoms with Gasteiger partial charge in [0.05, 0.1) is 5.88 Å². The Balaban J connectivity index is 2.26. The molecule has 0 aliphatic carbocycles. The van der Waals surface area contributed by atoms with Crippen LogP contribution in [0.4, 0.5) is 0 Å². The SMILES string of the molecule is ClCc1cccnc1Oc1cccc(I)c1. The maximum Gasteiger partial charge on any atom is 0.223 e. The number of hydrogen-bond acceptors (Lipinski definition) is 2. The van der Waals surface area contributed by atoms with E-state index in [1.807, 2.05) is 36.4 Å². The Labute approximate surface area is 113 Å². The Kier molecular flexibility index (Phi) is 4.01. The van der Waals surface area contributed by atoms with Crippen molar-refractivity contribution >= 4 is 34.2 Å². The molecule has 0 amide bonds. The van der Waals surface area contributed by atoms with Crippen molar-refractivity contribution in [2.75, 3.05) is 0 Å². The van der Waals surface area contributed by atoms with Crippen LogP contribution < -0.4 is 4.74 Å². The molecule has 0 aliphatic rings. The zero-order chi connectivity index (χ0) is 11.4. The Bertz CT molecular complexity index is 490. The number of benzene rings is 1. The molecule has 4 heteroatoms. The van der Waals surface area contributed by atoms with Crippen LogP contribution >= 0.6 is 34.2 Å². The van der Waals surface area contributed by atoms with Crippen LogP contribution in [0.15, 0.2) is 42.6 Å². The Morgan fingerprint density at radius 3 is 2.88 bits per heavy atom. The molecule has 0 saturated heterocycles. The first kappa shape index (κ1) is 11.7. The van der Waals surface area contributed by atoms with E-state index < -0.39 is 0 Å². The highest BCUT2D eigenvalue weighted by molar-refractivity contribution is 14.1. The molecule has 0 bridgehead atoms. The zero-order valence-electron chi connectivity index (χ0n) is 8.36. The van der Waals surface area contributed by atoms with E-state index in [0.717, 1.165) is 14.9 Å². The summed E-state index contributed by atoms with van der Waals surface area (Å²) in [5, 5.41) is 0. The molecule has 0 saturated carbocycles. The third-order valence-corrected chi connectivity index (χ3v) is 2.96. The predicted molar refractivity (Wildman–Crippen MR) is 73.0 cm³/mol. The highest BCUT2D eigenvalue weighted by Crippen LogP contribution is 2.24. The van der Waals surface area contributed by atoms with E-state index in [1.165, 1.54) is 0 Å². The molecule has 1 aromatic carbocycles. The van der Waals surface area contributed by atoms with E-state index in [4.69, 9.17) is 16.3 Å². The summed E-state index contributed by atoms with van der Waals surface area (Å²) >= 11 is 8.05. The molecule has 0 N–H and O–H groups in total. The fourth-order valence-corrected chi connectivity index (χ4v) is 1.98. The van der Waals surface area contributed by atoms with E-state index in [0.29, 0.717) is 11.8 Å². The van der Waals surface area contributed by atoms with Gasteiger partial charge in [0.15, 0.2) is 0 Å². The van der Waals surface area contributed by atoms with Crippen molar-refractivity contribution < 1.29 is 4.74 Å². The summed E-state index contributed by atoms with van der Waals surface area (Å²) in [6.45, 7) is 0. The number of hydrogen-bond donors (Lipinski definition) is 0. The second-order valence-corrected chi connectivity index (χ2v) is 4.67. The highest BCUT2D eigenvalue weighted by atomic mass is 127. The summed E-state index contributed by atoms with van der Waals surface area (Å²) in [7, 11) is 0.